The molecule has 0 fully saturated rings. The lowest BCUT2D eigenvalue weighted by Crippen LogP contribution is -1.92. The van der Waals surface area contributed by atoms with Gasteiger partial charge in [0.2, 0.25) is 0 Å². The van der Waals surface area contributed by atoms with Crippen LogP contribution in [0.2, 0.25) is 0 Å². The van der Waals surface area contributed by atoms with E-state index >= 15 is 0 Å². The van der Waals surface area contributed by atoms with Crippen molar-refractivity contribution in [1.29, 1.82) is 5.26 Å². The summed E-state index contributed by atoms with van der Waals surface area (Å²) in [6.45, 7) is 0. The number of hydrogen-bond donors (Lipinski definition) is 0. The molecule has 0 unspecified atom stereocenters. The van der Waals surface area contributed by atoms with Crippen molar-refractivity contribution >= 4 is 26.8 Å². The van der Waals surface area contributed by atoms with E-state index in [-0.39, 0.29) is 0 Å². The van der Waals surface area contributed by atoms with Crippen molar-refractivity contribution in [1.82, 2.24) is 9.78 Å². The monoisotopic (exact) mass is 235 g/mol. The molecule has 0 aliphatic heterocycles. The molecule has 1 heterocycles. The number of benzene rings is 1. The minimum atomic E-state index is 0.594. The molecule has 1 aromatic carbocycles. The van der Waals surface area contributed by atoms with E-state index in [1.165, 1.54) is 0 Å². The zero-order chi connectivity index (χ0) is 9.42. The summed E-state index contributed by atoms with van der Waals surface area (Å²) < 4.78 is 2.56. The molecule has 0 N–H and O–H groups in total. The second-order valence-corrected chi connectivity index (χ2v) is 3.66. The van der Waals surface area contributed by atoms with Crippen LogP contribution < -0.4 is 0 Å². The summed E-state index contributed by atoms with van der Waals surface area (Å²) >= 11 is 3.36. The molecule has 0 bridgehead atoms. The van der Waals surface area contributed by atoms with E-state index in [0.29, 0.717) is 5.69 Å². The molecule has 1 aromatic heterocycles. The van der Waals surface area contributed by atoms with Gasteiger partial charge in [0.25, 0.3) is 0 Å². The molecule has 2 aromatic rings. The fourth-order valence-corrected chi connectivity index (χ4v) is 1.66. The number of fused-ring (bicyclic) bond motifs is 1. The number of aromatic nitrogens is 2. The molecule has 2 rings (SSSR count). The third-order valence-corrected chi connectivity index (χ3v) is 2.39. The normalized spacial score (nSPS) is 10.2. The average Bonchev–Trinajstić information content (AvgIpc) is 2.40. The molecule has 0 atom stereocenters. The van der Waals surface area contributed by atoms with Crippen LogP contribution in [0, 0.1) is 11.3 Å². The summed E-state index contributed by atoms with van der Waals surface area (Å²) in [4.78, 5) is 0. The van der Waals surface area contributed by atoms with Crippen molar-refractivity contribution in [3.63, 3.8) is 0 Å². The van der Waals surface area contributed by atoms with E-state index in [1.807, 2.05) is 18.2 Å². The maximum Gasteiger partial charge on any atom is 0.146 e. The standard InChI is InChI=1S/C9H6BrN3/c1-13-9(5-11)7-4-6(10)2-3-8(7)12-13/h2-4H,1H3. The van der Waals surface area contributed by atoms with E-state index < -0.39 is 0 Å². The Morgan fingerprint density at radius 1 is 1.54 bits per heavy atom. The van der Waals surface area contributed by atoms with Gasteiger partial charge in [0.15, 0.2) is 0 Å². The summed E-state index contributed by atoms with van der Waals surface area (Å²) in [7, 11) is 1.77. The van der Waals surface area contributed by atoms with Crippen LogP contribution in [0.4, 0.5) is 0 Å². The molecule has 0 radical (unpaired) electrons. The van der Waals surface area contributed by atoms with Gasteiger partial charge in [0.1, 0.15) is 11.8 Å². The predicted molar refractivity (Wildman–Crippen MR) is 53.1 cm³/mol. The number of halogens is 1. The first-order valence-corrected chi connectivity index (χ1v) is 4.54. The van der Waals surface area contributed by atoms with Gasteiger partial charge >= 0.3 is 0 Å². The van der Waals surface area contributed by atoms with Gasteiger partial charge < -0.3 is 0 Å². The summed E-state index contributed by atoms with van der Waals surface area (Å²) in [5.41, 5.74) is 1.44. The molecule has 0 saturated heterocycles. The number of hydrogen-bond acceptors (Lipinski definition) is 2. The Bertz CT molecular complexity index is 507. The SMILES string of the molecule is Cn1nc2ccc(Br)cc2c1C#N. The second kappa shape index (κ2) is 2.86. The van der Waals surface area contributed by atoms with Gasteiger partial charge in [-0.25, -0.2) is 0 Å². The maximum atomic E-state index is 8.87. The minimum Gasteiger partial charge on any atom is -0.257 e. The molecule has 64 valence electrons. The highest BCUT2D eigenvalue weighted by molar-refractivity contribution is 9.10. The first-order valence-electron chi connectivity index (χ1n) is 3.75. The van der Waals surface area contributed by atoms with Crippen LogP contribution in [0.15, 0.2) is 22.7 Å². The van der Waals surface area contributed by atoms with Crippen LogP contribution in [-0.2, 0) is 7.05 Å². The number of nitrogens with zero attached hydrogens (tertiary/aromatic N) is 3. The Labute approximate surface area is 83.7 Å². The van der Waals surface area contributed by atoms with Crippen LogP contribution in [0.1, 0.15) is 5.69 Å². The van der Waals surface area contributed by atoms with Crippen molar-refractivity contribution < 1.29 is 0 Å². The summed E-state index contributed by atoms with van der Waals surface area (Å²) in [6.07, 6.45) is 0. The fraction of sp³-hybridized carbons (Fsp3) is 0.111. The lowest BCUT2D eigenvalue weighted by Gasteiger charge is -1.89. The lowest BCUT2D eigenvalue weighted by molar-refractivity contribution is 0.767. The Balaban J connectivity index is 2.91. The maximum absolute atomic E-state index is 8.87. The van der Waals surface area contributed by atoms with Crippen LogP contribution >= 0.6 is 15.9 Å². The van der Waals surface area contributed by atoms with E-state index in [4.69, 9.17) is 5.26 Å². The molecule has 0 amide bonds. The molecular formula is C9H6BrN3. The lowest BCUT2D eigenvalue weighted by atomic mass is 10.2. The van der Waals surface area contributed by atoms with Crippen molar-refractivity contribution in [3.8, 4) is 6.07 Å². The minimum absolute atomic E-state index is 0.594. The number of aryl methyl sites for hydroxylation is 1. The Kier molecular flexibility index (Phi) is 1.82. The van der Waals surface area contributed by atoms with Crippen molar-refractivity contribution in [2.24, 2.45) is 7.05 Å². The molecule has 0 aliphatic carbocycles. The van der Waals surface area contributed by atoms with Crippen molar-refractivity contribution in [2.45, 2.75) is 0 Å². The van der Waals surface area contributed by atoms with Crippen LogP contribution in [0.25, 0.3) is 10.9 Å². The topological polar surface area (TPSA) is 41.6 Å². The second-order valence-electron chi connectivity index (χ2n) is 2.75. The molecule has 0 aliphatic rings. The quantitative estimate of drug-likeness (QED) is 0.703. The summed E-state index contributed by atoms with van der Waals surface area (Å²) in [6, 6.07) is 7.83. The largest absolute Gasteiger partial charge is 0.257 e. The zero-order valence-electron chi connectivity index (χ0n) is 6.95. The molecule has 3 nitrogen and oxygen atoms in total. The smallest absolute Gasteiger partial charge is 0.146 e. The Morgan fingerprint density at radius 2 is 2.31 bits per heavy atom. The van der Waals surface area contributed by atoms with Gasteiger partial charge in [-0.05, 0) is 18.2 Å². The van der Waals surface area contributed by atoms with E-state index in [2.05, 4.69) is 27.1 Å². The average molecular weight is 236 g/mol. The first-order chi connectivity index (χ1) is 6.22. The van der Waals surface area contributed by atoms with Gasteiger partial charge in [0, 0.05) is 16.9 Å². The summed E-state index contributed by atoms with van der Waals surface area (Å²) in [5.74, 6) is 0. The van der Waals surface area contributed by atoms with Gasteiger partial charge in [-0.2, -0.15) is 10.4 Å². The van der Waals surface area contributed by atoms with Crippen LogP contribution in [0.3, 0.4) is 0 Å². The van der Waals surface area contributed by atoms with Gasteiger partial charge in [-0.15, -0.1) is 0 Å². The number of rotatable bonds is 0. The van der Waals surface area contributed by atoms with Crippen molar-refractivity contribution in [2.75, 3.05) is 0 Å². The third-order valence-electron chi connectivity index (χ3n) is 1.90. The molecule has 0 saturated carbocycles. The van der Waals surface area contributed by atoms with E-state index in [1.54, 1.807) is 11.7 Å². The van der Waals surface area contributed by atoms with E-state index in [0.717, 1.165) is 15.4 Å². The van der Waals surface area contributed by atoms with Crippen LogP contribution in [0.5, 0.6) is 0 Å². The van der Waals surface area contributed by atoms with Gasteiger partial charge in [-0.1, -0.05) is 15.9 Å². The molecule has 13 heavy (non-hydrogen) atoms. The molecular weight excluding hydrogens is 230 g/mol. The Morgan fingerprint density at radius 3 is 3.00 bits per heavy atom. The predicted octanol–water partition coefficient (Wildman–Crippen LogP) is 2.21. The van der Waals surface area contributed by atoms with E-state index in [9.17, 15) is 0 Å². The number of nitriles is 1. The van der Waals surface area contributed by atoms with Crippen LogP contribution in [-0.4, -0.2) is 9.78 Å². The van der Waals surface area contributed by atoms with Crippen molar-refractivity contribution in [3.05, 3.63) is 28.4 Å². The summed E-state index contributed by atoms with van der Waals surface area (Å²) in [5, 5.41) is 14.0. The molecule has 0 spiro atoms. The molecule has 4 heteroatoms. The highest BCUT2D eigenvalue weighted by Gasteiger charge is 2.07. The highest BCUT2D eigenvalue weighted by atomic mass is 79.9. The fourth-order valence-electron chi connectivity index (χ4n) is 1.30. The van der Waals surface area contributed by atoms with Gasteiger partial charge in [0.05, 0.1) is 5.52 Å². The first kappa shape index (κ1) is 8.27. The van der Waals surface area contributed by atoms with Gasteiger partial charge in [-0.3, -0.25) is 4.68 Å². The third kappa shape index (κ3) is 1.21. The zero-order valence-corrected chi connectivity index (χ0v) is 8.54. The highest BCUT2D eigenvalue weighted by Crippen LogP contribution is 2.21. The Hall–Kier alpha value is -1.34.